The molecule has 0 aromatic rings. The van der Waals surface area contributed by atoms with Crippen molar-refractivity contribution in [1.82, 2.24) is 5.32 Å². The van der Waals surface area contributed by atoms with E-state index in [4.69, 9.17) is 9.84 Å². The van der Waals surface area contributed by atoms with Gasteiger partial charge in [0.15, 0.2) is 6.10 Å². The monoisotopic (exact) mass is 233 g/mol. The molecule has 0 amide bonds. The van der Waals surface area contributed by atoms with Crippen molar-refractivity contribution in [3.05, 3.63) is 0 Å². The normalized spacial score (nSPS) is 27.9. The highest BCUT2D eigenvalue weighted by Gasteiger charge is 2.30. The molecule has 0 aromatic heterocycles. The van der Waals surface area contributed by atoms with Gasteiger partial charge in [0.05, 0.1) is 6.10 Å². The molecule has 15 heavy (non-hydrogen) atoms. The van der Waals surface area contributed by atoms with E-state index in [0.29, 0.717) is 12.5 Å². The van der Waals surface area contributed by atoms with Crippen LogP contribution in [0.2, 0.25) is 0 Å². The summed E-state index contributed by atoms with van der Waals surface area (Å²) in [6.07, 6.45) is 3.03. The van der Waals surface area contributed by atoms with E-state index in [1.807, 2.05) is 0 Å². The number of rotatable bonds is 6. The molecule has 1 heterocycles. The second-order valence-corrected chi connectivity index (χ2v) is 4.84. The predicted molar refractivity (Wildman–Crippen MR) is 61.4 cm³/mol. The number of carboxylic acids is 1. The summed E-state index contributed by atoms with van der Waals surface area (Å²) >= 11 is 1.80. The van der Waals surface area contributed by atoms with Gasteiger partial charge in [-0.05, 0) is 26.0 Å². The third kappa shape index (κ3) is 4.40. The first-order valence-electron chi connectivity index (χ1n) is 5.24. The maximum Gasteiger partial charge on any atom is 0.332 e. The average molecular weight is 233 g/mol. The first-order chi connectivity index (χ1) is 7.13. The zero-order valence-electron chi connectivity index (χ0n) is 9.23. The second-order valence-electron chi connectivity index (χ2n) is 3.93. The van der Waals surface area contributed by atoms with Gasteiger partial charge in [-0.2, -0.15) is 11.8 Å². The van der Waals surface area contributed by atoms with Crippen molar-refractivity contribution >= 4 is 17.7 Å². The summed E-state index contributed by atoms with van der Waals surface area (Å²) in [5, 5.41) is 12.1. The van der Waals surface area contributed by atoms with Gasteiger partial charge in [0.2, 0.25) is 0 Å². The quantitative estimate of drug-likeness (QED) is 0.715. The van der Waals surface area contributed by atoms with E-state index < -0.39 is 12.1 Å². The Balaban J connectivity index is 2.16. The van der Waals surface area contributed by atoms with Crippen molar-refractivity contribution < 1.29 is 14.6 Å². The lowest BCUT2D eigenvalue weighted by atomic mass is 10.2. The van der Waals surface area contributed by atoms with Crippen LogP contribution in [0.1, 0.15) is 19.8 Å². The number of carbonyl (C=O) groups is 1. The van der Waals surface area contributed by atoms with Crippen LogP contribution in [0.15, 0.2) is 0 Å². The van der Waals surface area contributed by atoms with E-state index in [1.165, 1.54) is 0 Å². The van der Waals surface area contributed by atoms with Crippen LogP contribution in [-0.4, -0.2) is 47.9 Å². The average Bonchev–Trinajstić information content (AvgIpc) is 2.63. The molecular formula is C10H19NO3S. The predicted octanol–water partition coefficient (Wildman–Crippen LogP) is 0.960. The van der Waals surface area contributed by atoms with Crippen LogP contribution < -0.4 is 5.32 Å². The number of hydrogen-bond acceptors (Lipinski definition) is 4. The van der Waals surface area contributed by atoms with E-state index in [9.17, 15) is 4.79 Å². The molecule has 1 aliphatic rings. The van der Waals surface area contributed by atoms with E-state index in [2.05, 4.69) is 18.5 Å². The minimum atomic E-state index is -0.838. The number of carboxylic acid groups (broad SMARTS) is 1. The second kappa shape index (κ2) is 6.35. The molecule has 0 aliphatic carbocycles. The summed E-state index contributed by atoms with van der Waals surface area (Å²) in [6.45, 7) is 2.88. The first-order valence-corrected chi connectivity index (χ1v) is 6.63. The Morgan fingerprint density at radius 3 is 2.93 bits per heavy atom. The fourth-order valence-corrected chi connectivity index (χ4v) is 2.30. The fraction of sp³-hybridized carbons (Fsp3) is 0.900. The number of nitrogens with one attached hydrogen (secondary N) is 1. The van der Waals surface area contributed by atoms with Crippen LogP contribution in [0.3, 0.4) is 0 Å². The molecule has 0 bridgehead atoms. The van der Waals surface area contributed by atoms with E-state index in [0.717, 1.165) is 18.7 Å². The van der Waals surface area contributed by atoms with Crippen LogP contribution in [0, 0.1) is 0 Å². The van der Waals surface area contributed by atoms with Crippen LogP contribution >= 0.6 is 11.8 Å². The molecule has 1 saturated heterocycles. The lowest BCUT2D eigenvalue weighted by Gasteiger charge is -2.16. The van der Waals surface area contributed by atoms with E-state index >= 15 is 0 Å². The molecule has 1 rings (SSSR count). The van der Waals surface area contributed by atoms with Gasteiger partial charge in [0, 0.05) is 18.3 Å². The lowest BCUT2D eigenvalue weighted by molar-refractivity contribution is -0.149. The minimum Gasteiger partial charge on any atom is -0.479 e. The van der Waals surface area contributed by atoms with Crippen molar-refractivity contribution in [3.8, 4) is 0 Å². The number of aliphatic carboxylic acids is 1. The number of thioether (sulfide) groups is 1. The molecule has 0 radical (unpaired) electrons. The molecule has 1 aliphatic heterocycles. The van der Waals surface area contributed by atoms with Crippen molar-refractivity contribution in [3.63, 3.8) is 0 Å². The molecule has 3 atom stereocenters. The Hall–Kier alpha value is -0.260. The fourth-order valence-electron chi connectivity index (χ4n) is 1.68. The Labute approximate surface area is 94.8 Å². The summed E-state index contributed by atoms with van der Waals surface area (Å²) in [6, 6.07) is 0.451. The van der Waals surface area contributed by atoms with Gasteiger partial charge in [-0.3, -0.25) is 0 Å². The van der Waals surface area contributed by atoms with Crippen LogP contribution in [-0.2, 0) is 9.53 Å². The van der Waals surface area contributed by atoms with Gasteiger partial charge in [0.25, 0.3) is 0 Å². The molecule has 4 nitrogen and oxygen atoms in total. The highest BCUT2D eigenvalue weighted by atomic mass is 32.2. The molecule has 3 unspecified atom stereocenters. The maximum absolute atomic E-state index is 10.6. The highest BCUT2D eigenvalue weighted by Crippen LogP contribution is 2.19. The van der Waals surface area contributed by atoms with Crippen LogP contribution in [0.25, 0.3) is 0 Å². The Bertz CT molecular complexity index is 213. The van der Waals surface area contributed by atoms with Crippen molar-refractivity contribution in [2.75, 3.05) is 18.6 Å². The molecule has 88 valence electrons. The van der Waals surface area contributed by atoms with Gasteiger partial charge in [-0.1, -0.05) is 0 Å². The molecule has 1 fully saturated rings. The maximum atomic E-state index is 10.6. The Morgan fingerprint density at radius 2 is 2.40 bits per heavy atom. The largest absolute Gasteiger partial charge is 0.479 e. The van der Waals surface area contributed by atoms with Gasteiger partial charge in [-0.25, -0.2) is 4.79 Å². The summed E-state index contributed by atoms with van der Waals surface area (Å²) in [4.78, 5) is 10.6. The third-order valence-electron chi connectivity index (χ3n) is 2.49. The summed E-state index contributed by atoms with van der Waals surface area (Å²) in [5.74, 6) is 0.226. The van der Waals surface area contributed by atoms with Gasteiger partial charge >= 0.3 is 5.97 Å². The zero-order chi connectivity index (χ0) is 11.3. The first kappa shape index (κ1) is 12.8. The number of ether oxygens (including phenoxy) is 1. The topological polar surface area (TPSA) is 58.6 Å². The Morgan fingerprint density at radius 1 is 1.67 bits per heavy atom. The van der Waals surface area contributed by atoms with E-state index in [1.54, 1.807) is 11.8 Å². The van der Waals surface area contributed by atoms with Crippen molar-refractivity contribution in [1.29, 1.82) is 0 Å². The molecule has 5 heteroatoms. The van der Waals surface area contributed by atoms with Gasteiger partial charge < -0.3 is 15.2 Å². The standard InChI is InChI=1S/C10H19NO3S/c1-7(6-15-2)11-5-8-3-4-9(14-8)10(12)13/h7-9,11H,3-6H2,1-2H3,(H,12,13). The molecule has 2 N–H and O–H groups in total. The number of hydrogen-bond donors (Lipinski definition) is 2. The summed E-state index contributed by atoms with van der Waals surface area (Å²) in [7, 11) is 0. The van der Waals surface area contributed by atoms with Crippen LogP contribution in [0.5, 0.6) is 0 Å². The molecular weight excluding hydrogens is 214 g/mol. The van der Waals surface area contributed by atoms with E-state index in [-0.39, 0.29) is 6.10 Å². The zero-order valence-corrected chi connectivity index (χ0v) is 10.0. The van der Waals surface area contributed by atoms with Gasteiger partial charge in [0.1, 0.15) is 0 Å². The molecule has 0 saturated carbocycles. The van der Waals surface area contributed by atoms with Crippen molar-refractivity contribution in [2.45, 2.75) is 38.0 Å². The third-order valence-corrected chi connectivity index (χ3v) is 3.33. The highest BCUT2D eigenvalue weighted by molar-refractivity contribution is 7.98. The van der Waals surface area contributed by atoms with Gasteiger partial charge in [-0.15, -0.1) is 0 Å². The SMILES string of the molecule is CSCC(C)NCC1CCC(C(=O)O)O1. The lowest BCUT2D eigenvalue weighted by Crippen LogP contribution is -2.35. The minimum absolute atomic E-state index is 0.0652. The molecule has 0 spiro atoms. The molecule has 0 aromatic carbocycles. The Kier molecular flexibility index (Phi) is 5.42. The smallest absolute Gasteiger partial charge is 0.332 e. The summed E-state index contributed by atoms with van der Waals surface area (Å²) < 4.78 is 5.38. The van der Waals surface area contributed by atoms with Crippen LogP contribution in [0.4, 0.5) is 0 Å². The van der Waals surface area contributed by atoms with Crippen molar-refractivity contribution in [2.24, 2.45) is 0 Å². The summed E-state index contributed by atoms with van der Waals surface area (Å²) in [5.41, 5.74) is 0.